The van der Waals surface area contributed by atoms with Crippen LogP contribution in [-0.4, -0.2) is 84.3 Å². The van der Waals surface area contributed by atoms with Crippen molar-refractivity contribution in [1.29, 1.82) is 0 Å². The molecule has 1 aromatic rings. The van der Waals surface area contributed by atoms with Crippen molar-refractivity contribution in [2.75, 3.05) is 57.8 Å². The number of halogens is 3. The fraction of sp³-hybridized carbons (Fsp3) is 0.864. The molecule has 0 aliphatic carbocycles. The van der Waals surface area contributed by atoms with Gasteiger partial charge in [-0.15, -0.1) is 0 Å². The van der Waals surface area contributed by atoms with Crippen molar-refractivity contribution in [3.05, 3.63) is 11.8 Å². The zero-order valence-electron chi connectivity index (χ0n) is 18.9. The van der Waals surface area contributed by atoms with Crippen molar-refractivity contribution in [3.63, 3.8) is 0 Å². The van der Waals surface area contributed by atoms with Crippen LogP contribution in [0.25, 0.3) is 0 Å². The number of ether oxygens (including phenoxy) is 1. The fourth-order valence-electron chi connectivity index (χ4n) is 4.92. The average Bonchev–Trinajstić information content (AvgIpc) is 3.15. The van der Waals surface area contributed by atoms with Gasteiger partial charge in [0.25, 0.3) is 0 Å². The molecule has 2 atom stereocenters. The van der Waals surface area contributed by atoms with Gasteiger partial charge >= 0.3 is 6.18 Å². The molecule has 6 nitrogen and oxygen atoms in total. The Balaban J connectivity index is 1.38. The number of likely N-dealkylation sites (tertiary alicyclic amines) is 1. The first-order chi connectivity index (χ1) is 14.6. The van der Waals surface area contributed by atoms with Gasteiger partial charge in [-0.3, -0.25) is 4.90 Å². The van der Waals surface area contributed by atoms with Crippen molar-refractivity contribution in [3.8, 4) is 0 Å². The number of anilines is 1. The van der Waals surface area contributed by atoms with Gasteiger partial charge in [-0.05, 0) is 37.8 Å². The predicted octanol–water partition coefficient (Wildman–Crippen LogP) is 3.73. The smallest absolute Gasteiger partial charge is 0.379 e. The average molecular weight is 444 g/mol. The zero-order valence-corrected chi connectivity index (χ0v) is 18.9. The normalized spacial score (nSPS) is 27.2. The predicted molar refractivity (Wildman–Crippen MR) is 114 cm³/mol. The van der Waals surface area contributed by atoms with Gasteiger partial charge in [-0.25, -0.2) is 4.68 Å². The van der Waals surface area contributed by atoms with Crippen LogP contribution in [0, 0.1) is 5.41 Å². The molecule has 0 unspecified atom stereocenters. The largest absolute Gasteiger partial charge is 0.410 e. The van der Waals surface area contributed by atoms with Gasteiger partial charge in [0, 0.05) is 44.2 Å². The zero-order chi connectivity index (χ0) is 22.2. The van der Waals surface area contributed by atoms with Crippen LogP contribution in [0.3, 0.4) is 0 Å². The first-order valence-corrected chi connectivity index (χ1v) is 11.6. The third-order valence-electron chi connectivity index (χ3n) is 7.10. The summed E-state index contributed by atoms with van der Waals surface area (Å²) < 4.78 is 48.0. The summed E-state index contributed by atoms with van der Waals surface area (Å²) in [6.07, 6.45) is -2.40. The summed E-state index contributed by atoms with van der Waals surface area (Å²) in [5, 5.41) is 7.82. The lowest BCUT2D eigenvalue weighted by Crippen LogP contribution is -2.44. The highest BCUT2D eigenvalue weighted by Crippen LogP contribution is 2.44. The standard InChI is InChI=1S/C22H36F3N5O/c1-21(2,3)18-15-19(22(23,24)25)30-20(26-18)14-17(27-30)16-4-6-28(7-5-16)8-9-29-10-12-31-13-11-29/h14,16,18-19,26H,4-13,15H2,1-3H3/t18-,19+/m0/s1. The van der Waals surface area contributed by atoms with E-state index in [4.69, 9.17) is 4.74 Å². The van der Waals surface area contributed by atoms with Crippen molar-refractivity contribution < 1.29 is 17.9 Å². The summed E-state index contributed by atoms with van der Waals surface area (Å²) in [6, 6.07) is 0.0681. The first kappa shape index (κ1) is 22.9. The van der Waals surface area contributed by atoms with E-state index in [9.17, 15) is 13.2 Å². The molecule has 0 spiro atoms. The monoisotopic (exact) mass is 443 g/mol. The fourth-order valence-corrected chi connectivity index (χ4v) is 4.92. The SMILES string of the molecule is CC(C)(C)[C@@H]1C[C@H](C(F)(F)F)n2nc(C3CCN(CCN4CCOCC4)CC3)cc2N1. The Hall–Kier alpha value is -1.32. The number of nitrogens with zero attached hydrogens (tertiary/aromatic N) is 4. The molecule has 0 aromatic carbocycles. The van der Waals surface area contributed by atoms with E-state index in [0.717, 1.165) is 71.0 Å². The van der Waals surface area contributed by atoms with Gasteiger partial charge in [-0.2, -0.15) is 18.3 Å². The van der Waals surface area contributed by atoms with Crippen molar-refractivity contribution in [1.82, 2.24) is 19.6 Å². The molecule has 9 heteroatoms. The number of piperidine rings is 1. The van der Waals surface area contributed by atoms with E-state index < -0.39 is 12.2 Å². The molecule has 2 fully saturated rings. The van der Waals surface area contributed by atoms with E-state index >= 15 is 0 Å². The van der Waals surface area contributed by atoms with Gasteiger partial charge in [-0.1, -0.05) is 20.8 Å². The molecule has 0 radical (unpaired) electrons. The van der Waals surface area contributed by atoms with Crippen LogP contribution >= 0.6 is 0 Å². The Morgan fingerprint density at radius 1 is 1.03 bits per heavy atom. The third-order valence-corrected chi connectivity index (χ3v) is 7.10. The van der Waals surface area contributed by atoms with Gasteiger partial charge in [0.15, 0.2) is 6.04 Å². The molecule has 31 heavy (non-hydrogen) atoms. The molecule has 4 heterocycles. The quantitative estimate of drug-likeness (QED) is 0.768. The second kappa shape index (κ2) is 8.90. The number of aromatic nitrogens is 2. The third kappa shape index (κ3) is 5.37. The van der Waals surface area contributed by atoms with E-state index in [1.807, 2.05) is 26.8 Å². The van der Waals surface area contributed by atoms with Crippen LogP contribution in [0.4, 0.5) is 19.0 Å². The summed E-state index contributed by atoms with van der Waals surface area (Å²) >= 11 is 0. The van der Waals surface area contributed by atoms with E-state index in [1.54, 1.807) is 0 Å². The second-order valence-electron chi connectivity index (χ2n) is 10.3. The van der Waals surface area contributed by atoms with Crippen molar-refractivity contribution in [2.45, 2.75) is 64.2 Å². The van der Waals surface area contributed by atoms with Gasteiger partial charge < -0.3 is 15.0 Å². The minimum atomic E-state index is -4.30. The molecule has 1 N–H and O–H groups in total. The Morgan fingerprint density at radius 2 is 1.65 bits per heavy atom. The molecule has 3 aliphatic rings. The maximum atomic E-state index is 13.8. The van der Waals surface area contributed by atoms with E-state index in [1.165, 1.54) is 4.68 Å². The summed E-state index contributed by atoms with van der Waals surface area (Å²) in [4.78, 5) is 4.90. The molecule has 2 saturated heterocycles. The summed E-state index contributed by atoms with van der Waals surface area (Å²) in [7, 11) is 0. The maximum absolute atomic E-state index is 13.8. The van der Waals surface area contributed by atoms with E-state index in [2.05, 4.69) is 20.2 Å². The topological polar surface area (TPSA) is 45.6 Å². The number of morpholine rings is 1. The molecule has 0 bridgehead atoms. The molecule has 0 amide bonds. The second-order valence-corrected chi connectivity index (χ2v) is 10.3. The highest BCUT2D eigenvalue weighted by molar-refractivity contribution is 5.42. The number of rotatable bonds is 4. The van der Waals surface area contributed by atoms with Crippen LogP contribution in [0.1, 0.15) is 57.7 Å². The van der Waals surface area contributed by atoms with E-state index in [-0.39, 0.29) is 23.8 Å². The number of hydrogen-bond donors (Lipinski definition) is 1. The lowest BCUT2D eigenvalue weighted by atomic mass is 9.82. The van der Waals surface area contributed by atoms with Crippen LogP contribution in [0.15, 0.2) is 6.07 Å². The summed E-state index contributed by atoms with van der Waals surface area (Å²) in [5.41, 5.74) is 0.546. The number of nitrogens with one attached hydrogen (secondary N) is 1. The number of fused-ring (bicyclic) bond motifs is 1. The highest BCUT2D eigenvalue weighted by Gasteiger charge is 2.48. The molecule has 0 saturated carbocycles. The van der Waals surface area contributed by atoms with Crippen LogP contribution in [0.2, 0.25) is 0 Å². The molecule has 1 aromatic heterocycles. The Morgan fingerprint density at radius 3 is 2.23 bits per heavy atom. The van der Waals surface area contributed by atoms with Gasteiger partial charge in [0.2, 0.25) is 0 Å². The van der Waals surface area contributed by atoms with Crippen LogP contribution in [-0.2, 0) is 4.74 Å². The number of alkyl halides is 3. The summed E-state index contributed by atoms with van der Waals surface area (Å²) in [6.45, 7) is 13.6. The van der Waals surface area contributed by atoms with Crippen molar-refractivity contribution in [2.24, 2.45) is 5.41 Å². The Labute approximate surface area is 183 Å². The Bertz CT molecular complexity index is 730. The molecular formula is C22H36F3N5O. The molecule has 4 rings (SSSR count). The molecule has 176 valence electrons. The maximum Gasteiger partial charge on any atom is 0.410 e. The molecule has 3 aliphatic heterocycles. The highest BCUT2D eigenvalue weighted by atomic mass is 19.4. The first-order valence-electron chi connectivity index (χ1n) is 11.6. The lowest BCUT2D eigenvalue weighted by Gasteiger charge is -2.39. The minimum Gasteiger partial charge on any atom is -0.379 e. The van der Waals surface area contributed by atoms with Crippen LogP contribution in [0.5, 0.6) is 0 Å². The van der Waals surface area contributed by atoms with E-state index in [0.29, 0.717) is 5.82 Å². The Kier molecular flexibility index (Phi) is 6.57. The number of hydrogen-bond acceptors (Lipinski definition) is 5. The van der Waals surface area contributed by atoms with Gasteiger partial charge in [0.1, 0.15) is 5.82 Å². The molecular weight excluding hydrogens is 407 g/mol. The van der Waals surface area contributed by atoms with Crippen LogP contribution < -0.4 is 5.32 Å². The lowest BCUT2D eigenvalue weighted by molar-refractivity contribution is -0.175. The van der Waals surface area contributed by atoms with Crippen molar-refractivity contribution >= 4 is 5.82 Å². The van der Waals surface area contributed by atoms with Gasteiger partial charge in [0.05, 0.1) is 18.9 Å². The minimum absolute atomic E-state index is 0.0150. The summed E-state index contributed by atoms with van der Waals surface area (Å²) in [5.74, 6) is 0.736.